The molecule has 154 valence electrons. The lowest BCUT2D eigenvalue weighted by Gasteiger charge is -2.34. The molecule has 1 unspecified atom stereocenters. The average Bonchev–Trinajstić information content (AvgIpc) is 3.12. The number of hydrogen-bond donors (Lipinski definition) is 1. The molecule has 2 heterocycles. The van der Waals surface area contributed by atoms with Gasteiger partial charge >= 0.3 is 0 Å². The first kappa shape index (κ1) is 24.3. The highest BCUT2D eigenvalue weighted by molar-refractivity contribution is 14.0. The second-order valence-electron chi connectivity index (χ2n) is 6.84. The molecule has 0 amide bonds. The van der Waals surface area contributed by atoms with Gasteiger partial charge in [-0.15, -0.1) is 24.0 Å². The summed E-state index contributed by atoms with van der Waals surface area (Å²) in [6.45, 7) is 9.86. The van der Waals surface area contributed by atoms with E-state index in [-0.39, 0.29) is 28.7 Å². The number of nitrogens with zero attached hydrogens (tertiary/aromatic N) is 2. The molecule has 0 aromatic heterocycles. The first-order valence-corrected chi connectivity index (χ1v) is 10.7. The zero-order chi connectivity index (χ0) is 18.0. The first-order chi connectivity index (χ1) is 12.2. The summed E-state index contributed by atoms with van der Waals surface area (Å²) in [5, 5.41) is 3.48. The lowest BCUT2D eigenvalue weighted by molar-refractivity contribution is 0.0536. The largest absolute Gasteiger partial charge is 0.382 e. The molecule has 2 rings (SSSR count). The fourth-order valence-corrected chi connectivity index (χ4v) is 4.14. The maximum atomic E-state index is 5.71. The number of hydrogen-bond acceptors (Lipinski definition) is 5. The van der Waals surface area contributed by atoms with Gasteiger partial charge in [0.05, 0.1) is 26.4 Å². The lowest BCUT2D eigenvalue weighted by Crippen LogP contribution is -2.42. The zero-order valence-electron chi connectivity index (χ0n) is 16.5. The standard InChI is InChI=1S/C18H35N3O3S.HI/c1-4-19-17(20-15-18(25-3)6-9-23-10-7-18)21-8-5-16(13-21)14-24-12-11-22-2;/h16H,4-15H2,1-3H3,(H,19,20);1H. The van der Waals surface area contributed by atoms with Crippen LogP contribution in [0.3, 0.4) is 0 Å². The molecular formula is C18H36IN3O3S. The van der Waals surface area contributed by atoms with Gasteiger partial charge in [0.1, 0.15) is 0 Å². The van der Waals surface area contributed by atoms with E-state index in [0.717, 1.165) is 64.8 Å². The van der Waals surface area contributed by atoms with Gasteiger partial charge in [0, 0.05) is 50.6 Å². The fraction of sp³-hybridized carbons (Fsp3) is 0.944. The number of methoxy groups -OCH3 is 1. The molecule has 2 saturated heterocycles. The van der Waals surface area contributed by atoms with E-state index in [1.54, 1.807) is 7.11 Å². The van der Waals surface area contributed by atoms with Gasteiger partial charge in [-0.05, 0) is 32.4 Å². The topological polar surface area (TPSA) is 55.3 Å². The van der Waals surface area contributed by atoms with Crippen LogP contribution in [-0.4, -0.2) is 88.2 Å². The van der Waals surface area contributed by atoms with Crippen molar-refractivity contribution in [3.8, 4) is 0 Å². The molecular weight excluding hydrogens is 465 g/mol. The Labute approximate surface area is 180 Å². The van der Waals surface area contributed by atoms with Crippen LogP contribution in [0.2, 0.25) is 0 Å². The Morgan fingerprint density at radius 2 is 2.12 bits per heavy atom. The Morgan fingerprint density at radius 3 is 2.77 bits per heavy atom. The normalized spacial score (nSPS) is 23.0. The molecule has 26 heavy (non-hydrogen) atoms. The van der Waals surface area contributed by atoms with Crippen molar-refractivity contribution in [1.29, 1.82) is 0 Å². The van der Waals surface area contributed by atoms with Crippen LogP contribution in [0.5, 0.6) is 0 Å². The second-order valence-corrected chi connectivity index (χ2v) is 8.11. The summed E-state index contributed by atoms with van der Waals surface area (Å²) in [6.07, 6.45) is 5.55. The summed E-state index contributed by atoms with van der Waals surface area (Å²) in [7, 11) is 1.71. The minimum absolute atomic E-state index is 0. The van der Waals surface area contributed by atoms with Crippen LogP contribution in [0.1, 0.15) is 26.2 Å². The molecule has 0 bridgehead atoms. The average molecular weight is 501 g/mol. The molecule has 0 radical (unpaired) electrons. The van der Waals surface area contributed by atoms with E-state index in [0.29, 0.717) is 19.1 Å². The summed E-state index contributed by atoms with van der Waals surface area (Å²) in [5.41, 5.74) is 0. The van der Waals surface area contributed by atoms with Crippen molar-refractivity contribution in [2.45, 2.75) is 30.9 Å². The van der Waals surface area contributed by atoms with Crippen molar-refractivity contribution >= 4 is 41.7 Å². The van der Waals surface area contributed by atoms with Gasteiger partial charge in [-0.3, -0.25) is 4.99 Å². The molecule has 0 saturated carbocycles. The van der Waals surface area contributed by atoms with Crippen molar-refractivity contribution in [2.75, 3.05) is 72.6 Å². The van der Waals surface area contributed by atoms with Crippen LogP contribution in [-0.2, 0) is 14.2 Å². The highest BCUT2D eigenvalue weighted by atomic mass is 127. The number of ether oxygens (including phenoxy) is 3. The van der Waals surface area contributed by atoms with Crippen LogP contribution >= 0.6 is 35.7 Å². The molecule has 2 fully saturated rings. The molecule has 1 atom stereocenters. The molecule has 0 aliphatic carbocycles. The van der Waals surface area contributed by atoms with E-state index in [2.05, 4.69) is 23.4 Å². The summed E-state index contributed by atoms with van der Waals surface area (Å²) in [6, 6.07) is 0. The highest BCUT2D eigenvalue weighted by Gasteiger charge is 2.32. The van der Waals surface area contributed by atoms with Crippen LogP contribution < -0.4 is 5.32 Å². The summed E-state index contributed by atoms with van der Waals surface area (Å²) in [4.78, 5) is 7.39. The second kappa shape index (κ2) is 13.4. The molecule has 0 aromatic carbocycles. The minimum atomic E-state index is 0. The molecule has 0 aromatic rings. The molecule has 6 nitrogen and oxygen atoms in total. The Kier molecular flexibility index (Phi) is 12.5. The summed E-state index contributed by atoms with van der Waals surface area (Å²) in [5.74, 6) is 1.64. The predicted octanol–water partition coefficient (Wildman–Crippen LogP) is 2.47. The van der Waals surface area contributed by atoms with E-state index in [9.17, 15) is 0 Å². The van der Waals surface area contributed by atoms with Crippen LogP contribution in [0, 0.1) is 5.92 Å². The van der Waals surface area contributed by atoms with E-state index in [1.807, 2.05) is 11.8 Å². The number of rotatable bonds is 9. The molecule has 0 spiro atoms. The quantitative estimate of drug-likeness (QED) is 0.227. The molecule has 8 heteroatoms. The third kappa shape index (κ3) is 7.69. The van der Waals surface area contributed by atoms with Gasteiger partial charge in [-0.25, -0.2) is 0 Å². The SMILES string of the molecule is CCNC(=NCC1(SC)CCOCC1)N1CCC(COCCOC)C1.I. The Balaban J connectivity index is 0.00000338. The Morgan fingerprint density at radius 1 is 1.35 bits per heavy atom. The smallest absolute Gasteiger partial charge is 0.193 e. The maximum absolute atomic E-state index is 5.71. The van der Waals surface area contributed by atoms with Gasteiger partial charge in [0.2, 0.25) is 0 Å². The number of guanidine groups is 1. The maximum Gasteiger partial charge on any atom is 0.193 e. The zero-order valence-corrected chi connectivity index (χ0v) is 19.6. The highest BCUT2D eigenvalue weighted by Crippen LogP contribution is 2.34. The van der Waals surface area contributed by atoms with Crippen molar-refractivity contribution in [1.82, 2.24) is 10.2 Å². The van der Waals surface area contributed by atoms with Gasteiger partial charge in [0.15, 0.2) is 5.96 Å². The number of thioether (sulfide) groups is 1. The lowest BCUT2D eigenvalue weighted by atomic mass is 9.99. The fourth-order valence-electron chi connectivity index (χ4n) is 3.37. The van der Waals surface area contributed by atoms with Crippen molar-refractivity contribution in [3.05, 3.63) is 0 Å². The van der Waals surface area contributed by atoms with Crippen LogP contribution in [0.15, 0.2) is 4.99 Å². The third-order valence-corrected chi connectivity index (χ3v) is 6.46. The van der Waals surface area contributed by atoms with Gasteiger partial charge < -0.3 is 24.4 Å². The monoisotopic (exact) mass is 501 g/mol. The van der Waals surface area contributed by atoms with E-state index < -0.39 is 0 Å². The number of nitrogens with one attached hydrogen (secondary N) is 1. The summed E-state index contributed by atoms with van der Waals surface area (Å²) < 4.78 is 16.5. The Hall–Kier alpha value is 0.230. The van der Waals surface area contributed by atoms with Crippen LogP contribution in [0.4, 0.5) is 0 Å². The molecule has 2 aliphatic heterocycles. The number of halogens is 1. The predicted molar refractivity (Wildman–Crippen MR) is 120 cm³/mol. The molecule has 2 aliphatic rings. The van der Waals surface area contributed by atoms with Crippen LogP contribution in [0.25, 0.3) is 0 Å². The minimum Gasteiger partial charge on any atom is -0.382 e. The number of aliphatic imine (C=N–C) groups is 1. The van der Waals surface area contributed by atoms with E-state index >= 15 is 0 Å². The van der Waals surface area contributed by atoms with E-state index in [1.165, 1.54) is 6.42 Å². The number of likely N-dealkylation sites (tertiary alicyclic amines) is 1. The molecule has 1 N–H and O–H groups in total. The van der Waals surface area contributed by atoms with E-state index in [4.69, 9.17) is 19.2 Å². The van der Waals surface area contributed by atoms with Crippen molar-refractivity contribution in [2.24, 2.45) is 10.9 Å². The van der Waals surface area contributed by atoms with Gasteiger partial charge in [-0.2, -0.15) is 11.8 Å². The first-order valence-electron chi connectivity index (χ1n) is 9.46. The van der Waals surface area contributed by atoms with Gasteiger partial charge in [0.25, 0.3) is 0 Å². The Bertz CT molecular complexity index is 409. The summed E-state index contributed by atoms with van der Waals surface area (Å²) >= 11 is 1.95. The third-order valence-electron chi connectivity index (χ3n) is 5.06. The van der Waals surface area contributed by atoms with Crippen molar-refractivity contribution < 1.29 is 14.2 Å². The van der Waals surface area contributed by atoms with Gasteiger partial charge in [-0.1, -0.05) is 0 Å². The van der Waals surface area contributed by atoms with Crippen molar-refractivity contribution in [3.63, 3.8) is 0 Å².